The maximum Gasteiger partial charge on any atom is 0.472 e. The van der Waals surface area contributed by atoms with Gasteiger partial charge in [-0.15, -0.1) is 0 Å². The Morgan fingerprint density at radius 1 is 0.262 bits per heavy atom. The van der Waals surface area contributed by atoms with Crippen molar-refractivity contribution in [2.24, 2.45) is 5.92 Å². The van der Waals surface area contributed by atoms with Crippen LogP contribution in [-0.2, 0) is 65.4 Å². The van der Waals surface area contributed by atoms with Gasteiger partial charge in [0.05, 0.1) is 26.4 Å². The number of esters is 4. The van der Waals surface area contributed by atoms with E-state index in [9.17, 15) is 43.2 Å². The van der Waals surface area contributed by atoms with Crippen LogP contribution in [0.3, 0.4) is 0 Å². The van der Waals surface area contributed by atoms with E-state index in [0.717, 1.165) is 102 Å². The SMILES string of the molecule is CCCCCCCCCCCCCCCCCCCCCCC(=O)OC[C@H](COP(=O)(O)OC[C@@H](O)COP(=O)(O)OC[C@@H](COC(=O)CCCCCCC)OC(=O)CCCCCCCCCCCCCCCCCC(C)C)OC(=O)CCCCCCCCCCCCCCCCCCCCCC. The van der Waals surface area contributed by atoms with Gasteiger partial charge in [-0.2, -0.15) is 0 Å². The predicted octanol–water partition coefficient (Wildman–Crippen LogP) is 25.6. The Morgan fingerprint density at radius 3 is 0.660 bits per heavy atom. The van der Waals surface area contributed by atoms with Gasteiger partial charge in [0.25, 0.3) is 0 Å². The van der Waals surface area contributed by atoms with Gasteiger partial charge in [0.1, 0.15) is 19.3 Å². The van der Waals surface area contributed by atoms with Crippen molar-refractivity contribution in [3.63, 3.8) is 0 Å². The molecule has 0 fully saturated rings. The Kier molecular flexibility index (Phi) is 75.4. The lowest BCUT2D eigenvalue weighted by molar-refractivity contribution is -0.161. The lowest BCUT2D eigenvalue weighted by atomic mass is 10.0. The molecule has 0 radical (unpaired) electrons. The van der Waals surface area contributed by atoms with Crippen LogP contribution in [0.25, 0.3) is 0 Å². The Morgan fingerprint density at radius 2 is 0.447 bits per heavy atom. The number of phosphoric acid groups is 2. The third-order valence-electron chi connectivity index (χ3n) is 19.8. The summed E-state index contributed by atoms with van der Waals surface area (Å²) in [6, 6.07) is 0. The highest BCUT2D eigenvalue weighted by atomic mass is 31.2. The zero-order valence-electron chi connectivity index (χ0n) is 67.5. The van der Waals surface area contributed by atoms with E-state index in [1.54, 1.807) is 0 Å². The molecule has 0 amide bonds. The molecular formula is C84H164O17P2. The van der Waals surface area contributed by atoms with E-state index in [4.69, 9.17) is 37.0 Å². The molecule has 0 saturated carbocycles. The Balaban J connectivity index is 5.10. The molecule has 0 aromatic carbocycles. The molecule has 0 heterocycles. The van der Waals surface area contributed by atoms with Crippen molar-refractivity contribution >= 4 is 39.5 Å². The quantitative estimate of drug-likeness (QED) is 0.0222. The van der Waals surface area contributed by atoms with Gasteiger partial charge < -0.3 is 33.8 Å². The molecule has 3 N–H and O–H groups in total. The van der Waals surface area contributed by atoms with Crippen LogP contribution < -0.4 is 0 Å². The van der Waals surface area contributed by atoms with E-state index in [-0.39, 0.29) is 25.7 Å². The topological polar surface area (TPSA) is 237 Å². The number of hydrogen-bond acceptors (Lipinski definition) is 15. The third kappa shape index (κ3) is 78.0. The Bertz CT molecular complexity index is 1960. The lowest BCUT2D eigenvalue weighted by Gasteiger charge is -2.21. The van der Waals surface area contributed by atoms with Gasteiger partial charge in [-0.1, -0.05) is 401 Å². The van der Waals surface area contributed by atoms with Crippen LogP contribution in [-0.4, -0.2) is 96.7 Å². The summed E-state index contributed by atoms with van der Waals surface area (Å²) in [5, 5.41) is 10.6. The average Bonchev–Trinajstić information content (AvgIpc) is 1.03. The summed E-state index contributed by atoms with van der Waals surface area (Å²) in [6.45, 7) is 7.28. The second kappa shape index (κ2) is 76.8. The largest absolute Gasteiger partial charge is 0.472 e. The van der Waals surface area contributed by atoms with Crippen molar-refractivity contribution in [1.29, 1.82) is 0 Å². The minimum atomic E-state index is -4.96. The normalized spacial score (nSPS) is 13.8. The minimum Gasteiger partial charge on any atom is -0.462 e. The summed E-state index contributed by atoms with van der Waals surface area (Å²) >= 11 is 0. The van der Waals surface area contributed by atoms with Gasteiger partial charge in [-0.25, -0.2) is 9.13 Å². The molecule has 0 spiro atoms. The lowest BCUT2D eigenvalue weighted by Crippen LogP contribution is -2.30. The van der Waals surface area contributed by atoms with Crippen molar-refractivity contribution in [3.05, 3.63) is 0 Å². The van der Waals surface area contributed by atoms with Crippen LogP contribution in [0.5, 0.6) is 0 Å². The molecule has 0 aliphatic carbocycles. The number of carbonyl (C=O) groups excluding carboxylic acids is 4. The second-order valence-electron chi connectivity index (χ2n) is 30.7. The standard InChI is InChI=1S/C84H164O17P2/c1-6-9-12-15-17-19-21-23-25-27-29-31-33-37-41-45-49-53-58-63-68-82(87)95-74-80(101-84(89)70-65-59-54-50-46-42-38-34-32-30-28-26-24-22-20-18-16-13-10-7-2)76-99-103(92,93)97-72-78(85)71-96-102(90,91)98-75-79(73-94-81(86)67-62-56-14-11-8-3)100-83(88)69-64-60-55-51-47-43-39-35-36-40-44-48-52-57-61-66-77(4)5/h77-80,85H,6-76H2,1-5H3,(H,90,91)(H,92,93)/t78-,79+,80+/m0/s1. The monoisotopic (exact) mass is 1510 g/mol. The van der Waals surface area contributed by atoms with Crippen LogP contribution in [0.15, 0.2) is 0 Å². The molecule has 103 heavy (non-hydrogen) atoms. The van der Waals surface area contributed by atoms with Crippen LogP contribution in [0, 0.1) is 5.92 Å². The van der Waals surface area contributed by atoms with Crippen LogP contribution in [0.4, 0.5) is 0 Å². The number of aliphatic hydroxyl groups is 1. The molecule has 5 atom stereocenters. The number of ether oxygens (including phenoxy) is 4. The molecule has 17 nitrogen and oxygen atoms in total. The second-order valence-corrected chi connectivity index (χ2v) is 33.6. The zero-order valence-corrected chi connectivity index (χ0v) is 69.3. The molecule has 0 rings (SSSR count). The number of rotatable bonds is 84. The maximum atomic E-state index is 13.1. The molecule has 612 valence electrons. The van der Waals surface area contributed by atoms with Crippen LogP contribution >= 0.6 is 15.6 Å². The number of phosphoric ester groups is 2. The van der Waals surface area contributed by atoms with E-state index < -0.39 is 97.5 Å². The first-order valence-corrected chi connectivity index (χ1v) is 46.6. The molecule has 0 saturated heterocycles. The number of unbranched alkanes of at least 4 members (excludes halogenated alkanes) is 56. The minimum absolute atomic E-state index is 0.107. The van der Waals surface area contributed by atoms with Crippen LogP contribution in [0.1, 0.15) is 452 Å². The molecular weight excluding hydrogens is 1340 g/mol. The first-order valence-electron chi connectivity index (χ1n) is 43.6. The molecule has 0 aromatic rings. The highest BCUT2D eigenvalue weighted by Gasteiger charge is 2.30. The van der Waals surface area contributed by atoms with E-state index in [1.165, 1.54) is 270 Å². The van der Waals surface area contributed by atoms with Gasteiger partial charge >= 0.3 is 39.5 Å². The van der Waals surface area contributed by atoms with Crippen molar-refractivity contribution < 1.29 is 80.2 Å². The summed E-state index contributed by atoms with van der Waals surface area (Å²) in [6.07, 6.45) is 70.0. The number of hydrogen-bond donors (Lipinski definition) is 3. The Labute approximate surface area is 632 Å². The van der Waals surface area contributed by atoms with Crippen molar-refractivity contribution in [1.82, 2.24) is 0 Å². The molecule has 19 heteroatoms. The number of aliphatic hydroxyl groups excluding tert-OH is 1. The summed E-state index contributed by atoms with van der Waals surface area (Å²) < 4.78 is 68.6. The Hall–Kier alpha value is -1.94. The van der Waals surface area contributed by atoms with Crippen molar-refractivity contribution in [2.45, 2.75) is 470 Å². The summed E-state index contributed by atoms with van der Waals surface area (Å²) in [5.74, 6) is -1.31. The van der Waals surface area contributed by atoms with Gasteiger partial charge in [-0.3, -0.25) is 37.3 Å². The predicted molar refractivity (Wildman–Crippen MR) is 423 cm³/mol. The van der Waals surface area contributed by atoms with E-state index in [0.29, 0.717) is 25.7 Å². The average molecular weight is 1510 g/mol. The maximum absolute atomic E-state index is 13.1. The zero-order chi connectivity index (χ0) is 75.5. The summed E-state index contributed by atoms with van der Waals surface area (Å²) in [4.78, 5) is 72.8. The van der Waals surface area contributed by atoms with E-state index >= 15 is 0 Å². The van der Waals surface area contributed by atoms with Crippen molar-refractivity contribution in [3.8, 4) is 0 Å². The summed E-state index contributed by atoms with van der Waals surface area (Å²) in [7, 11) is -9.91. The highest BCUT2D eigenvalue weighted by Crippen LogP contribution is 2.45. The summed E-state index contributed by atoms with van der Waals surface area (Å²) in [5.41, 5.74) is 0. The molecule has 0 bridgehead atoms. The third-order valence-corrected chi connectivity index (χ3v) is 21.7. The first-order chi connectivity index (χ1) is 50.0. The van der Waals surface area contributed by atoms with E-state index in [1.807, 2.05) is 0 Å². The molecule has 2 unspecified atom stereocenters. The van der Waals surface area contributed by atoms with Gasteiger partial charge in [0.15, 0.2) is 12.2 Å². The smallest absolute Gasteiger partial charge is 0.462 e. The van der Waals surface area contributed by atoms with E-state index in [2.05, 4.69) is 34.6 Å². The fraction of sp³-hybridized carbons (Fsp3) is 0.952. The van der Waals surface area contributed by atoms with Gasteiger partial charge in [0.2, 0.25) is 0 Å². The van der Waals surface area contributed by atoms with Gasteiger partial charge in [-0.05, 0) is 31.6 Å². The molecule has 0 aliphatic rings. The fourth-order valence-electron chi connectivity index (χ4n) is 13.1. The van der Waals surface area contributed by atoms with Gasteiger partial charge in [0, 0.05) is 25.7 Å². The number of carbonyl (C=O) groups is 4. The first kappa shape index (κ1) is 101. The highest BCUT2D eigenvalue weighted by molar-refractivity contribution is 7.47. The fourth-order valence-corrected chi connectivity index (χ4v) is 14.7. The molecule has 0 aliphatic heterocycles. The van der Waals surface area contributed by atoms with Crippen molar-refractivity contribution in [2.75, 3.05) is 39.6 Å². The van der Waals surface area contributed by atoms with Crippen LogP contribution in [0.2, 0.25) is 0 Å². The molecule has 0 aromatic heterocycles.